The van der Waals surface area contributed by atoms with E-state index in [-0.39, 0.29) is 22.7 Å². The van der Waals surface area contributed by atoms with E-state index < -0.39 is 27.2 Å². The number of benzene rings is 2. The average Bonchev–Trinajstić information content (AvgIpc) is 2.77. The molecule has 0 fully saturated rings. The number of aromatic nitrogens is 1. The fraction of sp³-hybridized carbons (Fsp3) is 0.182. The van der Waals surface area contributed by atoms with E-state index in [1.54, 1.807) is 18.2 Å². The summed E-state index contributed by atoms with van der Waals surface area (Å²) >= 11 is 11.9. The van der Waals surface area contributed by atoms with Crippen LogP contribution in [0.2, 0.25) is 10.0 Å². The smallest absolute Gasteiger partial charge is 0.293 e. The van der Waals surface area contributed by atoms with Gasteiger partial charge in [-0.3, -0.25) is 9.59 Å². The van der Waals surface area contributed by atoms with Crippen LogP contribution in [-0.4, -0.2) is 30.5 Å². The van der Waals surface area contributed by atoms with Gasteiger partial charge in [0.2, 0.25) is 10.0 Å². The van der Waals surface area contributed by atoms with Crippen molar-refractivity contribution < 1.29 is 18.3 Å². The molecule has 0 aliphatic rings. The van der Waals surface area contributed by atoms with Crippen molar-refractivity contribution in [2.75, 3.05) is 6.54 Å². The van der Waals surface area contributed by atoms with Crippen molar-refractivity contribution >= 4 is 39.1 Å². The fourth-order valence-corrected chi connectivity index (χ4v) is 4.13. The van der Waals surface area contributed by atoms with Gasteiger partial charge in [0.1, 0.15) is 0 Å². The summed E-state index contributed by atoms with van der Waals surface area (Å²) in [5.74, 6) is -1.34. The van der Waals surface area contributed by atoms with E-state index in [0.717, 1.165) is 10.1 Å². The van der Waals surface area contributed by atoms with Gasteiger partial charge in [0.05, 0.1) is 26.2 Å². The molecule has 33 heavy (non-hydrogen) atoms. The van der Waals surface area contributed by atoms with E-state index >= 15 is 0 Å². The Labute approximate surface area is 200 Å². The summed E-state index contributed by atoms with van der Waals surface area (Å²) in [6.07, 6.45) is 1.21. The van der Waals surface area contributed by atoms with Crippen LogP contribution in [0.3, 0.4) is 0 Å². The summed E-state index contributed by atoms with van der Waals surface area (Å²) in [5, 5.41) is 19.0. The number of nitrogens with zero attached hydrogens (tertiary/aromatic N) is 1. The minimum atomic E-state index is -3.97. The summed E-state index contributed by atoms with van der Waals surface area (Å²) < 4.78 is 24.5. The van der Waals surface area contributed by atoms with Crippen molar-refractivity contribution in [2.45, 2.75) is 17.7 Å². The number of amides is 1. The minimum Gasteiger partial charge on any atom is -0.502 e. The predicted molar refractivity (Wildman–Crippen MR) is 127 cm³/mol. The molecule has 0 bridgehead atoms. The number of aromatic hydroxyl groups is 1. The number of nitrogens with two attached hydrogens (primary N) is 1. The molecule has 1 aromatic heterocycles. The minimum absolute atomic E-state index is 0.145. The van der Waals surface area contributed by atoms with E-state index in [9.17, 15) is 23.1 Å². The lowest BCUT2D eigenvalue weighted by atomic mass is 10.1. The van der Waals surface area contributed by atoms with Crippen molar-refractivity contribution in [3.63, 3.8) is 0 Å². The highest BCUT2D eigenvalue weighted by atomic mass is 35.5. The van der Waals surface area contributed by atoms with Gasteiger partial charge >= 0.3 is 0 Å². The van der Waals surface area contributed by atoms with Crippen LogP contribution in [0, 0.1) is 0 Å². The van der Waals surface area contributed by atoms with Gasteiger partial charge in [-0.05, 0) is 54.3 Å². The number of halogens is 2. The van der Waals surface area contributed by atoms with E-state index in [0.29, 0.717) is 28.5 Å². The Bertz CT molecular complexity index is 1390. The molecule has 2 aromatic carbocycles. The maximum Gasteiger partial charge on any atom is 0.293 e. The molecule has 0 aliphatic carbocycles. The Hall–Kier alpha value is -2.85. The Morgan fingerprint density at radius 2 is 1.85 bits per heavy atom. The van der Waals surface area contributed by atoms with Gasteiger partial charge in [0.15, 0.2) is 5.75 Å². The number of sulfonamides is 1. The number of aryl methyl sites for hydroxylation is 1. The molecule has 8 nitrogen and oxygen atoms in total. The molecule has 1 amide bonds. The zero-order chi connectivity index (χ0) is 24.3. The molecule has 4 N–H and O–H groups in total. The Kier molecular flexibility index (Phi) is 7.48. The van der Waals surface area contributed by atoms with Gasteiger partial charge in [-0.2, -0.15) is 0 Å². The lowest BCUT2D eigenvalue weighted by molar-refractivity contribution is 0.0950. The SMILES string of the molecule is Cn1c(-c2cccc(S(N)(=O)=O)c2)cc(C(=O)NCCCc2ccc(Cl)c(Cl)c2)c(O)c1=O. The third-order valence-electron chi connectivity index (χ3n) is 5.02. The van der Waals surface area contributed by atoms with Gasteiger partial charge in [-0.15, -0.1) is 0 Å². The van der Waals surface area contributed by atoms with E-state index in [2.05, 4.69) is 5.32 Å². The number of primary sulfonamides is 1. The van der Waals surface area contributed by atoms with Crippen LogP contribution in [0.1, 0.15) is 22.3 Å². The summed E-state index contributed by atoms with van der Waals surface area (Å²) in [5.41, 5.74) is 0.518. The highest BCUT2D eigenvalue weighted by Gasteiger charge is 2.19. The predicted octanol–water partition coefficient (Wildman–Crippen LogP) is 3.07. The molecule has 0 unspecified atom stereocenters. The second-order valence-corrected chi connectivity index (χ2v) is 9.71. The summed E-state index contributed by atoms with van der Waals surface area (Å²) in [6, 6.07) is 12.3. The molecule has 0 saturated carbocycles. The first kappa shape index (κ1) is 24.8. The molecule has 0 spiro atoms. The molecule has 0 saturated heterocycles. The number of pyridine rings is 1. The lowest BCUT2D eigenvalue weighted by Gasteiger charge is -2.13. The molecule has 0 radical (unpaired) electrons. The largest absolute Gasteiger partial charge is 0.502 e. The van der Waals surface area contributed by atoms with Gasteiger partial charge in [0, 0.05) is 13.6 Å². The molecule has 1 heterocycles. The maximum absolute atomic E-state index is 12.7. The van der Waals surface area contributed by atoms with Crippen LogP contribution in [0.25, 0.3) is 11.3 Å². The highest BCUT2D eigenvalue weighted by molar-refractivity contribution is 7.89. The second kappa shape index (κ2) is 9.96. The lowest BCUT2D eigenvalue weighted by Crippen LogP contribution is -2.28. The van der Waals surface area contributed by atoms with E-state index in [1.807, 2.05) is 6.07 Å². The second-order valence-electron chi connectivity index (χ2n) is 7.34. The van der Waals surface area contributed by atoms with Crippen LogP contribution in [0.5, 0.6) is 5.75 Å². The normalized spacial score (nSPS) is 11.4. The number of hydrogen-bond donors (Lipinski definition) is 3. The van der Waals surface area contributed by atoms with Gasteiger partial charge in [0.25, 0.3) is 11.5 Å². The Morgan fingerprint density at radius 3 is 2.52 bits per heavy atom. The molecular weight excluding hydrogens is 489 g/mol. The number of carbonyl (C=O) groups is 1. The molecule has 3 aromatic rings. The van der Waals surface area contributed by atoms with Gasteiger partial charge in [-0.1, -0.05) is 41.4 Å². The first-order valence-corrected chi connectivity index (χ1v) is 12.1. The third-order valence-corrected chi connectivity index (χ3v) is 6.67. The van der Waals surface area contributed by atoms with Crippen LogP contribution in [0.4, 0.5) is 0 Å². The maximum atomic E-state index is 12.7. The molecular formula is C22H21Cl2N3O5S. The zero-order valence-electron chi connectivity index (χ0n) is 17.5. The summed E-state index contributed by atoms with van der Waals surface area (Å²) in [6.45, 7) is 0.282. The zero-order valence-corrected chi connectivity index (χ0v) is 19.8. The molecule has 3 rings (SSSR count). The first-order chi connectivity index (χ1) is 15.5. The van der Waals surface area contributed by atoms with Crippen molar-refractivity contribution in [1.29, 1.82) is 0 Å². The number of rotatable bonds is 7. The third kappa shape index (κ3) is 5.75. The Balaban J connectivity index is 1.80. The van der Waals surface area contributed by atoms with Crippen LogP contribution >= 0.6 is 23.2 Å². The summed E-state index contributed by atoms with van der Waals surface area (Å²) in [4.78, 5) is 25.0. The van der Waals surface area contributed by atoms with Crippen molar-refractivity contribution in [1.82, 2.24) is 9.88 Å². The monoisotopic (exact) mass is 509 g/mol. The van der Waals surface area contributed by atoms with Crippen molar-refractivity contribution in [2.24, 2.45) is 12.2 Å². The average molecular weight is 510 g/mol. The van der Waals surface area contributed by atoms with Crippen LogP contribution in [-0.2, 0) is 23.5 Å². The van der Waals surface area contributed by atoms with E-state index in [1.165, 1.54) is 31.3 Å². The molecule has 0 atom stereocenters. The molecule has 0 aliphatic heterocycles. The van der Waals surface area contributed by atoms with Crippen LogP contribution < -0.4 is 16.0 Å². The highest BCUT2D eigenvalue weighted by Crippen LogP contribution is 2.25. The number of carbonyl (C=O) groups excluding carboxylic acids is 1. The first-order valence-electron chi connectivity index (χ1n) is 9.77. The van der Waals surface area contributed by atoms with Crippen LogP contribution in [0.15, 0.2) is 58.2 Å². The number of hydrogen-bond acceptors (Lipinski definition) is 5. The van der Waals surface area contributed by atoms with Crippen molar-refractivity contribution in [3.8, 4) is 17.0 Å². The van der Waals surface area contributed by atoms with Gasteiger partial charge < -0.3 is 15.0 Å². The van der Waals surface area contributed by atoms with E-state index in [4.69, 9.17) is 28.3 Å². The Morgan fingerprint density at radius 1 is 1.12 bits per heavy atom. The fourth-order valence-electron chi connectivity index (χ4n) is 3.25. The number of nitrogens with one attached hydrogen (secondary N) is 1. The molecule has 11 heteroatoms. The van der Waals surface area contributed by atoms with Gasteiger partial charge in [-0.25, -0.2) is 13.6 Å². The quantitative estimate of drug-likeness (QED) is 0.421. The summed E-state index contributed by atoms with van der Waals surface area (Å²) in [7, 11) is -2.56. The standard InChI is InChI=1S/C22H21Cl2N3O5S/c1-27-19(14-5-2-6-15(11-14)33(25,31)32)12-16(20(28)22(27)30)21(29)26-9-3-4-13-7-8-17(23)18(24)10-13/h2,5-8,10-12,28H,3-4,9H2,1H3,(H,26,29)(H2,25,31,32). The molecule has 174 valence electrons. The topological polar surface area (TPSA) is 131 Å². The van der Waals surface area contributed by atoms with Crippen molar-refractivity contribution in [3.05, 3.63) is 80.1 Å².